The van der Waals surface area contributed by atoms with E-state index < -0.39 is 0 Å². The van der Waals surface area contributed by atoms with Gasteiger partial charge in [-0.2, -0.15) is 0 Å². The van der Waals surface area contributed by atoms with Gasteiger partial charge in [0.2, 0.25) is 0 Å². The third-order valence-electron chi connectivity index (χ3n) is 8.11. The number of unbranched alkanes of at least 4 members (excludes halogenated alkanes) is 2. The third kappa shape index (κ3) is 8.64. The topological polar surface area (TPSA) is 9.23 Å². The largest absolute Gasteiger partial charge is 0.494 e. The minimum absolute atomic E-state index is 0.882. The van der Waals surface area contributed by atoms with E-state index in [1.807, 2.05) is 0 Å². The van der Waals surface area contributed by atoms with E-state index in [0.29, 0.717) is 0 Å². The molecule has 2 fully saturated rings. The number of hydrogen-bond donors (Lipinski definition) is 0. The molecule has 1 aromatic rings. The molecule has 30 heavy (non-hydrogen) atoms. The summed E-state index contributed by atoms with van der Waals surface area (Å²) in [4.78, 5) is 0. The average Bonchev–Trinajstić information content (AvgIpc) is 2.78. The molecular weight excluding hydrogens is 364 g/mol. The second-order valence-electron chi connectivity index (χ2n) is 10.7. The fraction of sp³-hybridized carbons (Fsp3) is 0.793. The highest BCUT2D eigenvalue weighted by molar-refractivity contribution is 5.27. The summed E-state index contributed by atoms with van der Waals surface area (Å²) in [6.45, 7) is 5.60. The van der Waals surface area contributed by atoms with Gasteiger partial charge in [0.1, 0.15) is 5.75 Å². The van der Waals surface area contributed by atoms with Crippen LogP contribution in [0.5, 0.6) is 5.75 Å². The molecule has 0 aromatic heterocycles. The standard InChI is InChI=1S/C29H48O/c1-3-4-5-7-25-13-15-27(16-14-25)17-18-28-19-21-29(22-20-28)30-23-6-8-26-11-9-24(2)10-12-26/h19-22,24-27H,3-18,23H2,1-2H3/t24-,25-,26-,27-. The number of aryl methyl sites for hydroxylation is 1. The van der Waals surface area contributed by atoms with Crippen LogP contribution in [0.2, 0.25) is 0 Å². The van der Waals surface area contributed by atoms with Crippen molar-refractivity contribution in [3.8, 4) is 5.75 Å². The highest BCUT2D eigenvalue weighted by Gasteiger charge is 2.20. The molecule has 2 aliphatic rings. The number of rotatable bonds is 12. The maximum atomic E-state index is 6.02. The van der Waals surface area contributed by atoms with Crippen LogP contribution in [0.15, 0.2) is 24.3 Å². The van der Waals surface area contributed by atoms with Crippen molar-refractivity contribution in [2.75, 3.05) is 6.61 Å². The molecule has 0 bridgehead atoms. The van der Waals surface area contributed by atoms with Gasteiger partial charge in [0, 0.05) is 0 Å². The zero-order valence-corrected chi connectivity index (χ0v) is 20.0. The van der Waals surface area contributed by atoms with E-state index in [1.165, 1.54) is 108 Å². The van der Waals surface area contributed by atoms with Crippen molar-refractivity contribution in [2.45, 2.75) is 117 Å². The molecule has 0 aliphatic heterocycles. The van der Waals surface area contributed by atoms with Crippen LogP contribution in [0.25, 0.3) is 0 Å². The zero-order chi connectivity index (χ0) is 21.0. The summed E-state index contributed by atoms with van der Waals surface area (Å²) in [5, 5.41) is 0. The van der Waals surface area contributed by atoms with Gasteiger partial charge in [0.05, 0.1) is 6.61 Å². The second kappa shape index (κ2) is 13.4. The summed E-state index contributed by atoms with van der Waals surface area (Å²) in [7, 11) is 0. The quantitative estimate of drug-likeness (QED) is 0.311. The Balaban J connectivity index is 1.25. The van der Waals surface area contributed by atoms with Crippen molar-refractivity contribution in [2.24, 2.45) is 23.7 Å². The fourth-order valence-electron chi connectivity index (χ4n) is 5.79. The molecule has 0 radical (unpaired) electrons. The van der Waals surface area contributed by atoms with Gasteiger partial charge in [-0.05, 0) is 67.1 Å². The molecular formula is C29H48O. The Bertz CT molecular complexity index is 546. The molecule has 0 saturated heterocycles. The molecule has 1 nitrogen and oxygen atoms in total. The first-order valence-corrected chi connectivity index (χ1v) is 13.4. The monoisotopic (exact) mass is 412 g/mol. The SMILES string of the molecule is CCCCC[C@H]1CC[C@H](CCc2ccc(OCCC[C@H]3CC[C@H](C)CC3)cc2)CC1. The van der Waals surface area contributed by atoms with Crippen LogP contribution in [-0.4, -0.2) is 6.61 Å². The predicted molar refractivity (Wildman–Crippen MR) is 130 cm³/mol. The molecule has 1 heteroatoms. The van der Waals surface area contributed by atoms with Crippen molar-refractivity contribution >= 4 is 0 Å². The van der Waals surface area contributed by atoms with Crippen molar-refractivity contribution in [1.29, 1.82) is 0 Å². The molecule has 0 unspecified atom stereocenters. The van der Waals surface area contributed by atoms with Gasteiger partial charge < -0.3 is 4.74 Å². The van der Waals surface area contributed by atoms with Gasteiger partial charge in [0.15, 0.2) is 0 Å². The summed E-state index contributed by atoms with van der Waals surface area (Å²) in [5.74, 6) is 4.97. The smallest absolute Gasteiger partial charge is 0.119 e. The first-order valence-electron chi connectivity index (χ1n) is 13.4. The maximum Gasteiger partial charge on any atom is 0.119 e. The number of benzene rings is 1. The lowest BCUT2D eigenvalue weighted by Gasteiger charge is -2.28. The predicted octanol–water partition coefficient (Wildman–Crippen LogP) is 8.99. The average molecular weight is 413 g/mol. The third-order valence-corrected chi connectivity index (χ3v) is 8.11. The molecule has 0 atom stereocenters. The fourth-order valence-corrected chi connectivity index (χ4v) is 5.79. The van der Waals surface area contributed by atoms with Crippen LogP contribution in [0.1, 0.15) is 116 Å². The molecule has 3 rings (SSSR count). The summed E-state index contributed by atoms with van der Waals surface area (Å²) < 4.78 is 6.02. The van der Waals surface area contributed by atoms with Crippen molar-refractivity contribution in [3.05, 3.63) is 29.8 Å². The summed E-state index contributed by atoms with van der Waals surface area (Å²) in [5.41, 5.74) is 1.49. The Hall–Kier alpha value is -0.980. The number of hydrogen-bond acceptors (Lipinski definition) is 1. The van der Waals surface area contributed by atoms with Gasteiger partial charge in [-0.25, -0.2) is 0 Å². The first-order chi connectivity index (χ1) is 14.7. The Kier molecular flexibility index (Phi) is 10.6. The summed E-state index contributed by atoms with van der Waals surface area (Å²) in [6, 6.07) is 8.99. The Morgan fingerprint density at radius 2 is 1.27 bits per heavy atom. The highest BCUT2D eigenvalue weighted by Crippen LogP contribution is 2.34. The molecule has 0 N–H and O–H groups in total. The summed E-state index contributed by atoms with van der Waals surface area (Å²) in [6.07, 6.45) is 22.6. The van der Waals surface area contributed by atoms with Crippen LogP contribution in [0.4, 0.5) is 0 Å². The van der Waals surface area contributed by atoms with Crippen LogP contribution >= 0.6 is 0 Å². The lowest BCUT2D eigenvalue weighted by molar-refractivity contribution is 0.244. The Morgan fingerprint density at radius 1 is 0.700 bits per heavy atom. The van der Waals surface area contributed by atoms with Gasteiger partial charge in [-0.1, -0.05) is 103 Å². The van der Waals surface area contributed by atoms with E-state index in [9.17, 15) is 0 Å². The van der Waals surface area contributed by atoms with E-state index in [1.54, 1.807) is 0 Å². The van der Waals surface area contributed by atoms with Crippen molar-refractivity contribution < 1.29 is 4.74 Å². The van der Waals surface area contributed by atoms with E-state index >= 15 is 0 Å². The zero-order valence-electron chi connectivity index (χ0n) is 20.0. The van der Waals surface area contributed by atoms with Gasteiger partial charge >= 0.3 is 0 Å². The minimum Gasteiger partial charge on any atom is -0.494 e. The second-order valence-corrected chi connectivity index (χ2v) is 10.7. The molecule has 2 aliphatic carbocycles. The number of ether oxygens (including phenoxy) is 1. The van der Waals surface area contributed by atoms with E-state index in [2.05, 4.69) is 38.1 Å². The normalized spacial score (nSPS) is 27.1. The van der Waals surface area contributed by atoms with Gasteiger partial charge in [0.25, 0.3) is 0 Å². The first kappa shape index (κ1) is 23.7. The van der Waals surface area contributed by atoms with Crippen LogP contribution in [0, 0.1) is 23.7 Å². The van der Waals surface area contributed by atoms with Crippen molar-refractivity contribution in [1.82, 2.24) is 0 Å². The molecule has 0 spiro atoms. The molecule has 170 valence electrons. The molecule has 1 aromatic carbocycles. The molecule has 2 saturated carbocycles. The lowest BCUT2D eigenvalue weighted by atomic mass is 9.78. The van der Waals surface area contributed by atoms with E-state index in [4.69, 9.17) is 4.74 Å². The van der Waals surface area contributed by atoms with Crippen molar-refractivity contribution in [3.63, 3.8) is 0 Å². The Morgan fingerprint density at radius 3 is 1.90 bits per heavy atom. The van der Waals surface area contributed by atoms with Gasteiger partial charge in [-0.3, -0.25) is 0 Å². The maximum absolute atomic E-state index is 6.02. The Labute approximate surface area is 187 Å². The summed E-state index contributed by atoms with van der Waals surface area (Å²) >= 11 is 0. The van der Waals surface area contributed by atoms with E-state index in [0.717, 1.165) is 36.0 Å². The van der Waals surface area contributed by atoms with Crippen LogP contribution in [-0.2, 0) is 6.42 Å². The van der Waals surface area contributed by atoms with Crippen LogP contribution in [0.3, 0.4) is 0 Å². The molecule has 0 amide bonds. The van der Waals surface area contributed by atoms with E-state index in [-0.39, 0.29) is 0 Å². The molecule has 0 heterocycles. The van der Waals surface area contributed by atoms with Gasteiger partial charge in [-0.15, -0.1) is 0 Å². The van der Waals surface area contributed by atoms with Crippen LogP contribution < -0.4 is 4.74 Å². The minimum atomic E-state index is 0.882. The lowest BCUT2D eigenvalue weighted by Crippen LogP contribution is -2.15. The highest BCUT2D eigenvalue weighted by atomic mass is 16.5.